The third-order valence-corrected chi connectivity index (χ3v) is 4.50. The van der Waals surface area contributed by atoms with Crippen LogP contribution in [0.5, 0.6) is 0 Å². The number of hydrogen-bond acceptors (Lipinski definition) is 8. The molecule has 0 aliphatic rings. The predicted molar refractivity (Wildman–Crippen MR) is 120 cm³/mol. The Morgan fingerprint density at radius 2 is 1.48 bits per heavy atom. The molecule has 33 heavy (non-hydrogen) atoms. The van der Waals surface area contributed by atoms with Gasteiger partial charge < -0.3 is 25.4 Å². The van der Waals surface area contributed by atoms with Gasteiger partial charge in [0.1, 0.15) is 40.9 Å². The van der Waals surface area contributed by atoms with E-state index in [1.807, 2.05) is 0 Å². The second-order valence-electron chi connectivity index (χ2n) is 9.29. The van der Waals surface area contributed by atoms with Crippen molar-refractivity contribution in [3.05, 3.63) is 0 Å². The molecule has 12 nitrogen and oxygen atoms in total. The summed E-state index contributed by atoms with van der Waals surface area (Å²) in [7, 11) is 1.23. The SMILES string of the molecule is COC(=O)[C@@H](NC(=O)[C@@H](NC(=O)[C@H](CCCN=[N+]=N)NC(=O)OC(C)(C)C)C(C)C)C(C)C. The first kappa shape index (κ1) is 30.0. The van der Waals surface area contributed by atoms with Crippen LogP contribution < -0.4 is 20.9 Å². The van der Waals surface area contributed by atoms with E-state index in [1.165, 1.54) is 7.11 Å². The van der Waals surface area contributed by atoms with Crippen LogP contribution >= 0.6 is 0 Å². The molecule has 4 N–H and O–H groups in total. The molecular weight excluding hydrogens is 432 g/mol. The fourth-order valence-corrected chi connectivity index (χ4v) is 2.79. The van der Waals surface area contributed by atoms with Crippen LogP contribution in [0.3, 0.4) is 0 Å². The number of methoxy groups -OCH3 is 1. The van der Waals surface area contributed by atoms with Crippen molar-refractivity contribution >= 4 is 23.9 Å². The molecule has 12 heteroatoms. The molecule has 0 rings (SSSR count). The highest BCUT2D eigenvalue weighted by molar-refractivity contribution is 5.93. The standard InChI is InChI=1S/C21H38N6O6/c1-12(2)15(18(29)26-16(13(3)4)19(30)32-8)25-17(28)14(10-9-11-23-27-22)24-20(31)33-21(5,6)7/h12-16,22H,9-11H2,1-8H3,(H2-,24,25,26,28,29,31)/p+1/t14-,15-,16-/m0/s1. The minimum Gasteiger partial charge on any atom is -0.467 e. The van der Waals surface area contributed by atoms with Crippen molar-refractivity contribution in [1.82, 2.24) is 20.9 Å². The quantitative estimate of drug-likeness (QED) is 0.146. The minimum atomic E-state index is -1.00. The van der Waals surface area contributed by atoms with Gasteiger partial charge in [0.15, 0.2) is 0 Å². The molecule has 0 unspecified atom stereocenters. The molecule has 0 aliphatic carbocycles. The number of nitrogens with one attached hydrogen (secondary N) is 4. The van der Waals surface area contributed by atoms with Crippen molar-refractivity contribution in [2.75, 3.05) is 13.7 Å². The van der Waals surface area contributed by atoms with E-state index in [0.29, 0.717) is 6.42 Å². The van der Waals surface area contributed by atoms with Crippen molar-refractivity contribution < 1.29 is 28.7 Å². The number of hydrogen-bond donors (Lipinski definition) is 4. The highest BCUT2D eigenvalue weighted by Gasteiger charge is 2.33. The lowest BCUT2D eigenvalue weighted by Crippen LogP contribution is -2.58. The predicted octanol–water partition coefficient (Wildman–Crippen LogP) is 1.66. The van der Waals surface area contributed by atoms with Gasteiger partial charge in [0, 0.05) is 0 Å². The topological polar surface area (TPSA) is 173 Å². The van der Waals surface area contributed by atoms with Crippen LogP contribution in [0.2, 0.25) is 0 Å². The molecule has 0 aromatic rings. The highest BCUT2D eigenvalue weighted by atomic mass is 16.6. The van der Waals surface area contributed by atoms with Gasteiger partial charge in [-0.25, -0.2) is 9.59 Å². The van der Waals surface area contributed by atoms with Gasteiger partial charge in [-0.05, 0) is 45.4 Å². The van der Waals surface area contributed by atoms with Gasteiger partial charge in [0.2, 0.25) is 16.7 Å². The molecule has 0 spiro atoms. The third kappa shape index (κ3) is 12.0. The van der Waals surface area contributed by atoms with E-state index in [-0.39, 0.29) is 24.8 Å². The van der Waals surface area contributed by atoms with E-state index in [2.05, 4.69) is 26.0 Å². The van der Waals surface area contributed by atoms with Crippen molar-refractivity contribution in [3.8, 4) is 0 Å². The largest absolute Gasteiger partial charge is 0.467 e. The van der Waals surface area contributed by atoms with E-state index in [4.69, 9.17) is 15.0 Å². The van der Waals surface area contributed by atoms with E-state index < -0.39 is 47.6 Å². The molecule has 0 radical (unpaired) electrons. The molecule has 0 bridgehead atoms. The average Bonchev–Trinajstić information content (AvgIpc) is 2.69. The van der Waals surface area contributed by atoms with Gasteiger partial charge in [-0.15, -0.1) is 0 Å². The van der Waals surface area contributed by atoms with Crippen molar-refractivity contribution in [1.29, 1.82) is 5.53 Å². The van der Waals surface area contributed by atoms with Crippen LogP contribution in [0.1, 0.15) is 61.3 Å². The van der Waals surface area contributed by atoms with Crippen LogP contribution in [0, 0.1) is 17.4 Å². The van der Waals surface area contributed by atoms with E-state index in [9.17, 15) is 19.2 Å². The lowest BCUT2D eigenvalue weighted by molar-refractivity contribution is -0.146. The van der Waals surface area contributed by atoms with Crippen LogP contribution in [0.4, 0.5) is 4.79 Å². The van der Waals surface area contributed by atoms with Gasteiger partial charge in [0.25, 0.3) is 0 Å². The Labute approximate surface area is 195 Å². The summed E-state index contributed by atoms with van der Waals surface area (Å²) < 4.78 is 9.98. The zero-order valence-electron chi connectivity index (χ0n) is 20.9. The van der Waals surface area contributed by atoms with E-state index in [0.717, 1.165) is 0 Å². The van der Waals surface area contributed by atoms with E-state index >= 15 is 0 Å². The number of amides is 3. The molecule has 0 aromatic heterocycles. The minimum absolute atomic E-state index is 0.188. The highest BCUT2D eigenvalue weighted by Crippen LogP contribution is 2.10. The van der Waals surface area contributed by atoms with Gasteiger partial charge in [-0.3, -0.25) is 9.59 Å². The Morgan fingerprint density at radius 1 is 0.939 bits per heavy atom. The summed E-state index contributed by atoms with van der Waals surface area (Å²) in [6.07, 6.45) is -0.222. The number of ether oxygens (including phenoxy) is 2. The smallest absolute Gasteiger partial charge is 0.408 e. The Bertz CT molecular complexity index is 727. The summed E-state index contributed by atoms with van der Waals surface area (Å²) in [4.78, 5) is 53.0. The molecule has 3 atom stereocenters. The second-order valence-corrected chi connectivity index (χ2v) is 9.29. The summed E-state index contributed by atoms with van der Waals surface area (Å²) in [5, 5.41) is 11.4. The number of esters is 1. The summed E-state index contributed by atoms with van der Waals surface area (Å²) in [6, 6.07) is -2.83. The molecule has 0 saturated carbocycles. The zero-order chi connectivity index (χ0) is 25.8. The van der Waals surface area contributed by atoms with Crippen molar-refractivity contribution in [3.63, 3.8) is 0 Å². The first-order chi connectivity index (χ1) is 15.2. The third-order valence-electron chi connectivity index (χ3n) is 4.50. The lowest BCUT2D eigenvalue weighted by atomic mass is 9.99. The molecule has 0 aromatic carbocycles. The van der Waals surface area contributed by atoms with Gasteiger partial charge in [-0.2, -0.15) is 0 Å². The van der Waals surface area contributed by atoms with Gasteiger partial charge in [-0.1, -0.05) is 27.7 Å². The van der Waals surface area contributed by atoms with E-state index in [1.54, 1.807) is 48.5 Å². The summed E-state index contributed by atoms with van der Waals surface area (Å²) in [6.45, 7) is 12.3. The number of nitrogens with zero attached hydrogens (tertiary/aromatic N) is 2. The Balaban J connectivity index is 5.49. The number of alkyl carbamates (subject to hydrolysis) is 1. The molecule has 0 aliphatic heterocycles. The fraction of sp³-hybridized carbons (Fsp3) is 0.810. The Kier molecular flexibility index (Phi) is 12.9. The summed E-state index contributed by atoms with van der Waals surface area (Å²) >= 11 is 0. The molecule has 188 valence electrons. The zero-order valence-corrected chi connectivity index (χ0v) is 20.9. The first-order valence-electron chi connectivity index (χ1n) is 10.9. The molecule has 3 amide bonds. The van der Waals surface area contributed by atoms with Crippen molar-refractivity contribution in [2.24, 2.45) is 17.0 Å². The second kappa shape index (κ2) is 14.2. The number of carbonyl (C=O) groups excluding carboxylic acids is 4. The van der Waals surface area contributed by atoms with Crippen LogP contribution in [-0.2, 0) is 23.9 Å². The number of rotatable bonds is 12. The normalized spacial score (nSPS) is 13.9. The van der Waals surface area contributed by atoms with Gasteiger partial charge >= 0.3 is 12.1 Å². The van der Waals surface area contributed by atoms with Crippen LogP contribution in [0.15, 0.2) is 5.11 Å². The molecule has 0 fully saturated rings. The monoisotopic (exact) mass is 471 g/mol. The van der Waals surface area contributed by atoms with Crippen molar-refractivity contribution in [2.45, 2.75) is 85.0 Å². The average molecular weight is 472 g/mol. The molecule has 0 heterocycles. The van der Waals surface area contributed by atoms with Crippen LogP contribution in [-0.4, -0.2) is 61.3 Å². The first-order valence-corrected chi connectivity index (χ1v) is 10.9. The lowest BCUT2D eigenvalue weighted by Gasteiger charge is -2.28. The Hall–Kier alpha value is -3.01. The number of carbonyl (C=O) groups is 4. The summed E-state index contributed by atoms with van der Waals surface area (Å²) in [5.41, 5.74) is 5.95. The maximum Gasteiger partial charge on any atom is 0.408 e. The maximum absolute atomic E-state index is 13.0. The Morgan fingerprint density at radius 3 is 1.94 bits per heavy atom. The molecule has 0 saturated heterocycles. The van der Waals surface area contributed by atoms with Gasteiger partial charge in [0.05, 0.1) is 7.11 Å². The fourth-order valence-electron chi connectivity index (χ4n) is 2.79. The summed E-state index contributed by atoms with van der Waals surface area (Å²) in [5.74, 6) is -2.24. The maximum atomic E-state index is 13.0. The molecular formula is C21H39N6O6+. The van der Waals surface area contributed by atoms with Crippen LogP contribution in [0.25, 0.3) is 0 Å².